The zero-order chi connectivity index (χ0) is 23.1. The topological polar surface area (TPSA) is 113 Å². The molecule has 1 aromatic carbocycles. The van der Waals surface area contributed by atoms with Gasteiger partial charge in [0.05, 0.1) is 24.8 Å². The number of nitrogens with zero attached hydrogens (tertiary/aromatic N) is 2. The third-order valence-corrected chi connectivity index (χ3v) is 4.81. The van der Waals surface area contributed by atoms with Crippen LogP contribution < -0.4 is 16.0 Å². The minimum absolute atomic E-state index is 0.0362. The van der Waals surface area contributed by atoms with E-state index in [4.69, 9.17) is 4.74 Å². The molecular weight excluding hydrogens is 410 g/mol. The number of hydrogen-bond donors (Lipinski definition) is 3. The Morgan fingerprint density at radius 2 is 1.97 bits per heavy atom. The van der Waals surface area contributed by atoms with Crippen LogP contribution in [0.15, 0.2) is 59.9 Å². The average Bonchev–Trinajstić information content (AvgIpc) is 2.73. The molecule has 1 aromatic heterocycles. The smallest absolute Gasteiger partial charge is 0.338 e. The molecule has 0 aliphatic carbocycles. The van der Waals surface area contributed by atoms with Crippen LogP contribution in [0.3, 0.4) is 0 Å². The van der Waals surface area contributed by atoms with Gasteiger partial charge in [-0.05, 0) is 44.2 Å². The second-order valence-corrected chi connectivity index (χ2v) is 7.49. The van der Waals surface area contributed by atoms with Gasteiger partial charge in [-0.1, -0.05) is 30.3 Å². The van der Waals surface area contributed by atoms with Gasteiger partial charge in [0, 0.05) is 18.4 Å². The monoisotopic (exact) mass is 437 g/mol. The van der Waals surface area contributed by atoms with Crippen molar-refractivity contribution in [3.63, 3.8) is 0 Å². The SMILES string of the molecule is CCOC(=O)C1=C(CN(C)CC(=O)Nc2cc(C)ccn2)NC(=O)NC1c1ccccc1. The van der Waals surface area contributed by atoms with Gasteiger partial charge in [0.15, 0.2) is 0 Å². The molecule has 0 fully saturated rings. The third kappa shape index (κ3) is 5.92. The van der Waals surface area contributed by atoms with Gasteiger partial charge in [0.25, 0.3) is 0 Å². The molecule has 1 aliphatic heterocycles. The molecule has 3 amide bonds. The van der Waals surface area contributed by atoms with E-state index < -0.39 is 18.0 Å². The molecule has 32 heavy (non-hydrogen) atoms. The molecule has 3 rings (SSSR count). The molecule has 0 radical (unpaired) electrons. The van der Waals surface area contributed by atoms with E-state index in [0.717, 1.165) is 11.1 Å². The maximum absolute atomic E-state index is 12.8. The lowest BCUT2D eigenvalue weighted by atomic mass is 9.95. The maximum Gasteiger partial charge on any atom is 0.338 e. The molecule has 0 saturated heterocycles. The number of esters is 1. The fourth-order valence-corrected chi connectivity index (χ4v) is 3.45. The molecule has 0 spiro atoms. The van der Waals surface area contributed by atoms with Gasteiger partial charge in [0.1, 0.15) is 5.82 Å². The van der Waals surface area contributed by atoms with E-state index in [0.29, 0.717) is 17.1 Å². The molecule has 2 aromatic rings. The van der Waals surface area contributed by atoms with Gasteiger partial charge in [0.2, 0.25) is 5.91 Å². The van der Waals surface area contributed by atoms with Crippen LogP contribution in [-0.2, 0) is 14.3 Å². The highest BCUT2D eigenvalue weighted by Crippen LogP contribution is 2.28. The van der Waals surface area contributed by atoms with Crippen LogP contribution in [0.4, 0.5) is 10.6 Å². The number of urea groups is 1. The molecular formula is C23H27N5O4. The number of likely N-dealkylation sites (N-methyl/N-ethyl adjacent to an activating group) is 1. The van der Waals surface area contributed by atoms with Crippen LogP contribution in [-0.4, -0.2) is 54.5 Å². The van der Waals surface area contributed by atoms with Crippen LogP contribution in [0.2, 0.25) is 0 Å². The highest BCUT2D eigenvalue weighted by Gasteiger charge is 2.34. The summed E-state index contributed by atoms with van der Waals surface area (Å²) in [7, 11) is 1.73. The number of nitrogens with one attached hydrogen (secondary N) is 3. The average molecular weight is 438 g/mol. The second kappa shape index (κ2) is 10.5. The van der Waals surface area contributed by atoms with Crippen molar-refractivity contribution in [2.24, 2.45) is 0 Å². The normalized spacial score (nSPS) is 15.8. The highest BCUT2D eigenvalue weighted by molar-refractivity contribution is 5.95. The van der Waals surface area contributed by atoms with E-state index in [1.807, 2.05) is 43.3 Å². The minimum Gasteiger partial charge on any atom is -0.463 e. The standard InChI is InChI=1S/C23H27N5O4/c1-4-32-22(30)20-17(25-23(31)27-21(20)16-8-6-5-7-9-16)13-28(3)14-19(29)26-18-12-15(2)10-11-24-18/h5-12,21H,4,13-14H2,1-3H3,(H,24,26,29)(H2,25,27,31). The number of carbonyl (C=O) groups is 3. The van der Waals surface area contributed by atoms with Crippen molar-refractivity contribution in [2.75, 3.05) is 32.1 Å². The zero-order valence-electron chi connectivity index (χ0n) is 18.3. The molecule has 3 N–H and O–H groups in total. The number of anilines is 1. The Morgan fingerprint density at radius 3 is 2.66 bits per heavy atom. The molecule has 1 aliphatic rings. The number of pyridine rings is 1. The first-order valence-electron chi connectivity index (χ1n) is 10.3. The molecule has 9 heteroatoms. The number of carbonyl (C=O) groups excluding carboxylic acids is 3. The quantitative estimate of drug-likeness (QED) is 0.546. The summed E-state index contributed by atoms with van der Waals surface area (Å²) < 4.78 is 5.26. The van der Waals surface area contributed by atoms with Crippen molar-refractivity contribution in [2.45, 2.75) is 19.9 Å². The maximum atomic E-state index is 12.8. The Labute approximate surface area is 186 Å². The molecule has 1 unspecified atom stereocenters. The molecule has 0 bridgehead atoms. The number of benzene rings is 1. The minimum atomic E-state index is -0.655. The summed E-state index contributed by atoms with van der Waals surface area (Å²) in [5, 5.41) is 8.25. The van der Waals surface area contributed by atoms with Gasteiger partial charge in [-0.25, -0.2) is 14.6 Å². The van der Waals surface area contributed by atoms with Crippen LogP contribution in [0.25, 0.3) is 0 Å². The van der Waals surface area contributed by atoms with E-state index in [1.165, 1.54) is 0 Å². The predicted molar refractivity (Wildman–Crippen MR) is 120 cm³/mol. The summed E-state index contributed by atoms with van der Waals surface area (Å²) in [5.74, 6) is -0.316. The van der Waals surface area contributed by atoms with Gasteiger partial charge < -0.3 is 20.7 Å². The van der Waals surface area contributed by atoms with Crippen LogP contribution in [0, 0.1) is 6.92 Å². The van der Waals surface area contributed by atoms with Crippen LogP contribution in [0.5, 0.6) is 0 Å². The van der Waals surface area contributed by atoms with Gasteiger partial charge in [-0.3, -0.25) is 9.69 Å². The first-order chi connectivity index (χ1) is 15.4. The second-order valence-electron chi connectivity index (χ2n) is 7.49. The van der Waals surface area contributed by atoms with Gasteiger partial charge in [-0.2, -0.15) is 0 Å². The van der Waals surface area contributed by atoms with Crippen LogP contribution in [0.1, 0.15) is 24.1 Å². The molecule has 168 valence electrons. The van der Waals surface area contributed by atoms with E-state index in [9.17, 15) is 14.4 Å². The van der Waals surface area contributed by atoms with Crippen LogP contribution >= 0.6 is 0 Å². The lowest BCUT2D eigenvalue weighted by Gasteiger charge is -2.31. The molecule has 0 saturated carbocycles. The number of hydrogen-bond acceptors (Lipinski definition) is 6. The molecule has 1 atom stereocenters. The van der Waals surface area contributed by atoms with Crippen molar-refractivity contribution in [3.8, 4) is 0 Å². The Bertz CT molecular complexity index is 1020. The van der Waals surface area contributed by atoms with Crippen molar-refractivity contribution in [1.82, 2.24) is 20.5 Å². The summed E-state index contributed by atoms with van der Waals surface area (Å²) in [5.41, 5.74) is 2.45. The Morgan fingerprint density at radius 1 is 1.22 bits per heavy atom. The number of aryl methyl sites for hydroxylation is 1. The largest absolute Gasteiger partial charge is 0.463 e. The fraction of sp³-hybridized carbons (Fsp3) is 0.304. The molecule has 2 heterocycles. The van der Waals surface area contributed by atoms with Crippen molar-refractivity contribution in [3.05, 3.63) is 71.1 Å². The fourth-order valence-electron chi connectivity index (χ4n) is 3.45. The highest BCUT2D eigenvalue weighted by atomic mass is 16.5. The van der Waals surface area contributed by atoms with E-state index in [2.05, 4.69) is 20.9 Å². The van der Waals surface area contributed by atoms with E-state index in [-0.39, 0.29) is 25.6 Å². The third-order valence-electron chi connectivity index (χ3n) is 4.81. The number of aromatic nitrogens is 1. The van der Waals surface area contributed by atoms with Gasteiger partial charge >= 0.3 is 12.0 Å². The summed E-state index contributed by atoms with van der Waals surface area (Å²) in [6.07, 6.45) is 1.62. The van der Waals surface area contributed by atoms with Crippen molar-refractivity contribution in [1.29, 1.82) is 0 Å². The summed E-state index contributed by atoms with van der Waals surface area (Å²) >= 11 is 0. The summed E-state index contributed by atoms with van der Waals surface area (Å²) in [6, 6.07) is 11.7. The Hall–Kier alpha value is -3.72. The summed E-state index contributed by atoms with van der Waals surface area (Å²) in [4.78, 5) is 43.4. The van der Waals surface area contributed by atoms with Crippen molar-refractivity contribution < 1.29 is 19.1 Å². The first kappa shape index (κ1) is 23.0. The Kier molecular flexibility index (Phi) is 7.56. The number of amides is 3. The zero-order valence-corrected chi connectivity index (χ0v) is 18.3. The Balaban J connectivity index is 1.80. The van der Waals surface area contributed by atoms with E-state index >= 15 is 0 Å². The number of rotatable bonds is 8. The first-order valence-corrected chi connectivity index (χ1v) is 10.3. The predicted octanol–water partition coefficient (Wildman–Crippen LogP) is 2.13. The summed E-state index contributed by atoms with van der Waals surface area (Å²) in [6.45, 7) is 4.04. The lowest BCUT2D eigenvalue weighted by molar-refractivity contribution is -0.139. The lowest BCUT2D eigenvalue weighted by Crippen LogP contribution is -2.48. The van der Waals surface area contributed by atoms with E-state index in [1.54, 1.807) is 31.1 Å². The number of ether oxygens (including phenoxy) is 1. The van der Waals surface area contributed by atoms with Crippen molar-refractivity contribution >= 4 is 23.7 Å². The van der Waals surface area contributed by atoms with Gasteiger partial charge in [-0.15, -0.1) is 0 Å². The molecule has 9 nitrogen and oxygen atoms in total.